The maximum absolute atomic E-state index is 9.73. The summed E-state index contributed by atoms with van der Waals surface area (Å²) in [7, 11) is 0. The lowest BCUT2D eigenvalue weighted by atomic mass is 10.2. The molecular formula is C15H14NO+. The van der Waals surface area contributed by atoms with Crippen LogP contribution in [-0.4, -0.2) is 16.2 Å². The highest BCUT2D eigenvalue weighted by Crippen LogP contribution is 2.07. The highest BCUT2D eigenvalue weighted by Gasteiger charge is 2.02. The van der Waals surface area contributed by atoms with E-state index in [1.54, 1.807) is 6.21 Å². The molecule has 84 valence electrons. The van der Waals surface area contributed by atoms with Crippen molar-refractivity contribution in [1.82, 2.24) is 0 Å². The van der Waals surface area contributed by atoms with E-state index in [1.165, 1.54) is 0 Å². The maximum atomic E-state index is 9.73. The molecule has 0 aliphatic heterocycles. The average molecular weight is 224 g/mol. The van der Waals surface area contributed by atoms with Crippen molar-refractivity contribution in [3.8, 4) is 0 Å². The summed E-state index contributed by atoms with van der Waals surface area (Å²) in [6, 6.07) is 19.3. The number of hydrogen-bond donors (Lipinski definition) is 1. The van der Waals surface area contributed by atoms with Gasteiger partial charge >= 0.3 is 0 Å². The number of nitrogens with zero attached hydrogens (tertiary/aromatic N) is 1. The van der Waals surface area contributed by atoms with Crippen molar-refractivity contribution < 1.29 is 9.95 Å². The van der Waals surface area contributed by atoms with Gasteiger partial charge in [-0.1, -0.05) is 48.5 Å². The lowest BCUT2D eigenvalue weighted by Gasteiger charge is -1.90. The molecule has 0 saturated heterocycles. The summed E-state index contributed by atoms with van der Waals surface area (Å²) in [4.78, 5) is 0. The Kier molecular flexibility index (Phi) is 3.71. The fraction of sp³-hybridized carbons (Fsp3) is 0. The second-order valence-electron chi connectivity index (χ2n) is 3.60. The minimum Gasteiger partial charge on any atom is -0.285 e. The first kappa shape index (κ1) is 11.1. The van der Waals surface area contributed by atoms with Crippen LogP contribution < -0.4 is 0 Å². The Hall–Kier alpha value is -2.35. The summed E-state index contributed by atoms with van der Waals surface area (Å²) in [5.74, 6) is 0. The Morgan fingerprint density at radius 1 is 0.824 bits per heavy atom. The van der Waals surface area contributed by atoms with Crippen LogP contribution in [0, 0.1) is 0 Å². The molecule has 1 N–H and O–H groups in total. The van der Waals surface area contributed by atoms with Gasteiger partial charge in [-0.2, -0.15) is 0 Å². The Labute approximate surface area is 101 Å². The summed E-state index contributed by atoms with van der Waals surface area (Å²) >= 11 is 0. The van der Waals surface area contributed by atoms with Crippen LogP contribution in [0.2, 0.25) is 0 Å². The molecule has 17 heavy (non-hydrogen) atoms. The Morgan fingerprint density at radius 3 is 2.06 bits per heavy atom. The zero-order chi connectivity index (χ0) is 11.9. The number of rotatable bonds is 3. The molecule has 2 rings (SSSR count). The van der Waals surface area contributed by atoms with Crippen LogP contribution in [0.3, 0.4) is 0 Å². The van der Waals surface area contributed by atoms with Gasteiger partial charge in [0.1, 0.15) is 0 Å². The molecule has 0 heterocycles. The second kappa shape index (κ2) is 5.66. The molecule has 0 fully saturated rings. The van der Waals surface area contributed by atoms with E-state index in [2.05, 4.69) is 0 Å². The highest BCUT2D eigenvalue weighted by atomic mass is 16.5. The van der Waals surface area contributed by atoms with Crippen LogP contribution >= 0.6 is 0 Å². The molecule has 0 unspecified atom stereocenters. The molecule has 0 aliphatic carbocycles. The summed E-state index contributed by atoms with van der Waals surface area (Å²) in [5, 5.41) is 9.73. The molecule has 2 heteroatoms. The average Bonchev–Trinajstić information content (AvgIpc) is 2.41. The smallest absolute Gasteiger partial charge is 0.257 e. The molecule has 0 spiro atoms. The lowest BCUT2D eigenvalue weighted by Crippen LogP contribution is -1.98. The Bertz CT molecular complexity index is 515. The summed E-state index contributed by atoms with van der Waals surface area (Å²) < 4.78 is 1.10. The maximum Gasteiger partial charge on any atom is 0.257 e. The van der Waals surface area contributed by atoms with Gasteiger partial charge in [-0.15, -0.1) is 0 Å². The zero-order valence-corrected chi connectivity index (χ0v) is 9.40. The highest BCUT2D eigenvalue weighted by molar-refractivity contribution is 5.75. The van der Waals surface area contributed by atoms with E-state index in [0.29, 0.717) is 0 Å². The van der Waals surface area contributed by atoms with Crippen LogP contribution in [0.1, 0.15) is 5.56 Å². The van der Waals surface area contributed by atoms with Crippen LogP contribution in [0.4, 0.5) is 5.69 Å². The first-order valence-electron chi connectivity index (χ1n) is 5.46. The number of para-hydroxylation sites is 1. The molecule has 0 aliphatic rings. The third kappa shape index (κ3) is 3.31. The molecular weight excluding hydrogens is 210 g/mol. The lowest BCUT2D eigenvalue weighted by molar-refractivity contribution is -0.709. The monoisotopic (exact) mass is 224 g/mol. The van der Waals surface area contributed by atoms with Gasteiger partial charge in [-0.05, 0) is 11.6 Å². The predicted molar refractivity (Wildman–Crippen MR) is 69.7 cm³/mol. The normalized spacial score (nSPS) is 11.9. The van der Waals surface area contributed by atoms with E-state index in [-0.39, 0.29) is 0 Å². The van der Waals surface area contributed by atoms with Crippen LogP contribution in [-0.2, 0) is 0 Å². The molecule has 2 aromatic rings. The van der Waals surface area contributed by atoms with E-state index >= 15 is 0 Å². The predicted octanol–water partition coefficient (Wildman–Crippen LogP) is 3.50. The second-order valence-corrected chi connectivity index (χ2v) is 3.60. The first-order chi connectivity index (χ1) is 8.36. The zero-order valence-electron chi connectivity index (χ0n) is 9.40. The summed E-state index contributed by atoms with van der Waals surface area (Å²) in [5.41, 5.74) is 1.84. The fourth-order valence-corrected chi connectivity index (χ4v) is 1.47. The van der Waals surface area contributed by atoms with Gasteiger partial charge in [0.2, 0.25) is 6.21 Å². The van der Waals surface area contributed by atoms with Crippen molar-refractivity contribution in [2.75, 3.05) is 0 Å². The molecule has 2 aromatic carbocycles. The van der Waals surface area contributed by atoms with Crippen molar-refractivity contribution >= 4 is 18.0 Å². The third-order valence-corrected chi connectivity index (χ3v) is 2.34. The van der Waals surface area contributed by atoms with Gasteiger partial charge in [0, 0.05) is 22.9 Å². The minimum atomic E-state index is 0.741. The molecule has 0 saturated carbocycles. The van der Waals surface area contributed by atoms with E-state index < -0.39 is 0 Å². The van der Waals surface area contributed by atoms with Gasteiger partial charge in [-0.3, -0.25) is 5.21 Å². The topological polar surface area (TPSA) is 23.2 Å². The van der Waals surface area contributed by atoms with Gasteiger partial charge in [0.15, 0.2) is 0 Å². The van der Waals surface area contributed by atoms with Crippen molar-refractivity contribution in [2.24, 2.45) is 0 Å². The van der Waals surface area contributed by atoms with E-state index in [1.807, 2.05) is 72.8 Å². The van der Waals surface area contributed by atoms with E-state index in [9.17, 15) is 5.21 Å². The number of hydrogen-bond acceptors (Lipinski definition) is 1. The van der Waals surface area contributed by atoms with Crippen molar-refractivity contribution in [1.29, 1.82) is 0 Å². The largest absolute Gasteiger partial charge is 0.285 e. The Balaban J connectivity index is 2.09. The van der Waals surface area contributed by atoms with Crippen molar-refractivity contribution in [2.45, 2.75) is 0 Å². The number of benzene rings is 2. The van der Waals surface area contributed by atoms with Gasteiger partial charge in [-0.25, -0.2) is 0 Å². The first-order valence-corrected chi connectivity index (χ1v) is 5.46. The Morgan fingerprint density at radius 2 is 1.41 bits per heavy atom. The number of allylic oxidation sites excluding steroid dienone is 1. The van der Waals surface area contributed by atoms with Gasteiger partial charge in [0.25, 0.3) is 5.69 Å². The SMILES string of the molecule is O/[N+](=C\C=C\c1ccccc1)c1ccccc1. The fourth-order valence-electron chi connectivity index (χ4n) is 1.47. The standard InChI is InChI=1S/C15H14NO/c17-16(15-11-5-2-6-12-15)13-7-10-14-8-3-1-4-9-14/h1-13,17H/q+1/b10-7+,16-13-. The van der Waals surface area contributed by atoms with Gasteiger partial charge < -0.3 is 0 Å². The molecule has 0 amide bonds. The summed E-state index contributed by atoms with van der Waals surface area (Å²) in [6.07, 6.45) is 5.36. The van der Waals surface area contributed by atoms with E-state index in [0.717, 1.165) is 16.0 Å². The third-order valence-electron chi connectivity index (χ3n) is 2.34. The molecule has 2 nitrogen and oxygen atoms in total. The molecule has 0 bridgehead atoms. The van der Waals surface area contributed by atoms with E-state index in [4.69, 9.17) is 0 Å². The van der Waals surface area contributed by atoms with Crippen LogP contribution in [0.5, 0.6) is 0 Å². The van der Waals surface area contributed by atoms with Crippen molar-refractivity contribution in [3.05, 3.63) is 72.3 Å². The van der Waals surface area contributed by atoms with Crippen LogP contribution in [0.25, 0.3) is 6.08 Å². The van der Waals surface area contributed by atoms with Crippen LogP contribution in [0.15, 0.2) is 66.7 Å². The molecule has 0 aromatic heterocycles. The summed E-state index contributed by atoms with van der Waals surface area (Å²) in [6.45, 7) is 0. The molecule has 0 radical (unpaired) electrons. The molecule has 0 atom stereocenters. The van der Waals surface area contributed by atoms with Crippen molar-refractivity contribution in [3.63, 3.8) is 0 Å². The quantitative estimate of drug-likeness (QED) is 0.367. The van der Waals surface area contributed by atoms with Gasteiger partial charge in [0.05, 0.1) is 0 Å². The minimum absolute atomic E-state index is 0.741.